The van der Waals surface area contributed by atoms with E-state index in [2.05, 4.69) is 10.4 Å². The van der Waals surface area contributed by atoms with Gasteiger partial charge in [-0.15, -0.1) is 5.10 Å². The summed E-state index contributed by atoms with van der Waals surface area (Å²) < 4.78 is 8.05. The Morgan fingerprint density at radius 2 is 2.16 bits per heavy atom. The number of carbonyl (C=O) groups is 1. The Morgan fingerprint density at radius 1 is 1.32 bits per heavy atom. The summed E-state index contributed by atoms with van der Waals surface area (Å²) in [5, 5.41) is 7.55. The van der Waals surface area contributed by atoms with Crippen molar-refractivity contribution in [2.75, 3.05) is 13.7 Å². The third-order valence-electron chi connectivity index (χ3n) is 3.73. The molecule has 3 aromatic rings. The number of fused-ring (bicyclic) bond motifs is 1. The van der Waals surface area contributed by atoms with Gasteiger partial charge in [0.25, 0.3) is 5.91 Å². The van der Waals surface area contributed by atoms with Gasteiger partial charge in [-0.2, -0.15) is 0 Å². The van der Waals surface area contributed by atoms with Crippen LogP contribution in [0.5, 0.6) is 5.75 Å². The number of hydrogen-bond acceptors (Lipinski definition) is 4. The number of hydrogen-bond donors (Lipinski definition) is 1. The maximum Gasteiger partial charge on any atom is 0.350 e. The number of pyridine rings is 1. The van der Waals surface area contributed by atoms with E-state index in [4.69, 9.17) is 16.3 Å². The molecule has 25 heavy (non-hydrogen) atoms. The zero-order chi connectivity index (χ0) is 17.8. The fourth-order valence-corrected chi connectivity index (χ4v) is 2.65. The van der Waals surface area contributed by atoms with Crippen LogP contribution in [0.2, 0.25) is 5.02 Å². The molecule has 1 N–H and O–H groups in total. The Bertz CT molecular complexity index is 964. The number of aromatic nitrogens is 3. The molecule has 1 amide bonds. The van der Waals surface area contributed by atoms with Crippen LogP contribution in [0.3, 0.4) is 0 Å². The van der Waals surface area contributed by atoms with Gasteiger partial charge in [-0.3, -0.25) is 9.20 Å². The van der Waals surface area contributed by atoms with Gasteiger partial charge in [0.15, 0.2) is 5.65 Å². The van der Waals surface area contributed by atoms with Gasteiger partial charge in [0, 0.05) is 24.3 Å². The normalized spacial score (nSPS) is 10.8. The monoisotopic (exact) mass is 360 g/mol. The maximum atomic E-state index is 12.2. The number of rotatable bonds is 6. The van der Waals surface area contributed by atoms with Gasteiger partial charge in [-0.05, 0) is 36.8 Å². The molecular formula is C17H17ClN4O3. The molecule has 2 heterocycles. The molecule has 0 fully saturated rings. The van der Waals surface area contributed by atoms with Gasteiger partial charge in [-0.25, -0.2) is 9.48 Å². The van der Waals surface area contributed by atoms with Gasteiger partial charge in [-0.1, -0.05) is 17.7 Å². The molecule has 0 aliphatic rings. The second-order valence-electron chi connectivity index (χ2n) is 5.39. The molecule has 1 aromatic carbocycles. The molecule has 0 unspecified atom stereocenters. The summed E-state index contributed by atoms with van der Waals surface area (Å²) in [6.45, 7) is 0.823. The van der Waals surface area contributed by atoms with E-state index in [-0.39, 0.29) is 11.6 Å². The van der Waals surface area contributed by atoms with Crippen LogP contribution in [0, 0.1) is 0 Å². The summed E-state index contributed by atoms with van der Waals surface area (Å²) >= 11 is 5.89. The summed E-state index contributed by atoms with van der Waals surface area (Å²) in [6, 6.07) is 10.2. The van der Waals surface area contributed by atoms with Crippen molar-refractivity contribution in [3.05, 3.63) is 63.7 Å². The van der Waals surface area contributed by atoms with E-state index in [1.807, 2.05) is 6.07 Å². The standard InChI is InChI=1S/C17H17ClN4O3/c1-25-14-11-12(18)6-7-13(14)16(23)19-8-4-10-22-17(24)21-9-3-2-5-15(21)20-22/h2-3,5-7,9,11H,4,8,10H2,1H3,(H,19,23). The second-order valence-corrected chi connectivity index (χ2v) is 5.83. The quantitative estimate of drug-likeness (QED) is 0.682. The summed E-state index contributed by atoms with van der Waals surface area (Å²) in [5.74, 6) is 0.164. The van der Waals surface area contributed by atoms with Crippen molar-refractivity contribution in [3.63, 3.8) is 0 Å². The molecule has 8 heteroatoms. The van der Waals surface area contributed by atoms with Gasteiger partial charge in [0.05, 0.1) is 12.7 Å². The second kappa shape index (κ2) is 7.40. The first-order valence-electron chi connectivity index (χ1n) is 7.76. The van der Waals surface area contributed by atoms with Crippen molar-refractivity contribution in [1.29, 1.82) is 0 Å². The molecular weight excluding hydrogens is 344 g/mol. The Hall–Kier alpha value is -2.80. The minimum absolute atomic E-state index is 0.193. The Morgan fingerprint density at radius 3 is 2.92 bits per heavy atom. The number of aryl methyl sites for hydroxylation is 1. The smallest absolute Gasteiger partial charge is 0.350 e. The summed E-state index contributed by atoms with van der Waals surface area (Å²) in [4.78, 5) is 24.4. The van der Waals surface area contributed by atoms with Crippen LogP contribution >= 0.6 is 11.6 Å². The molecule has 2 aromatic heterocycles. The number of benzene rings is 1. The maximum absolute atomic E-state index is 12.2. The first-order valence-corrected chi connectivity index (χ1v) is 8.14. The molecule has 0 atom stereocenters. The van der Waals surface area contributed by atoms with Crippen LogP contribution in [0.25, 0.3) is 5.65 Å². The van der Waals surface area contributed by atoms with Crippen molar-refractivity contribution < 1.29 is 9.53 Å². The largest absolute Gasteiger partial charge is 0.496 e. The highest BCUT2D eigenvalue weighted by Crippen LogP contribution is 2.22. The van der Waals surface area contributed by atoms with E-state index < -0.39 is 0 Å². The molecule has 0 spiro atoms. The zero-order valence-electron chi connectivity index (χ0n) is 13.6. The lowest BCUT2D eigenvalue weighted by Crippen LogP contribution is -2.27. The van der Waals surface area contributed by atoms with E-state index in [0.717, 1.165) is 0 Å². The molecule has 0 saturated heterocycles. The van der Waals surface area contributed by atoms with Crippen molar-refractivity contribution in [1.82, 2.24) is 19.5 Å². The number of nitrogens with one attached hydrogen (secondary N) is 1. The summed E-state index contributed by atoms with van der Waals surface area (Å²) in [5.41, 5.74) is 0.820. The lowest BCUT2D eigenvalue weighted by atomic mass is 10.2. The number of nitrogens with zero attached hydrogens (tertiary/aromatic N) is 3. The van der Waals surface area contributed by atoms with Crippen LogP contribution in [-0.4, -0.2) is 33.7 Å². The number of halogens is 1. The highest BCUT2D eigenvalue weighted by molar-refractivity contribution is 6.30. The van der Waals surface area contributed by atoms with Gasteiger partial charge >= 0.3 is 5.69 Å². The highest BCUT2D eigenvalue weighted by Gasteiger charge is 2.12. The van der Waals surface area contributed by atoms with E-state index in [1.54, 1.807) is 36.5 Å². The van der Waals surface area contributed by atoms with Gasteiger partial charge in [0.2, 0.25) is 0 Å². The topological polar surface area (TPSA) is 77.6 Å². The fraction of sp³-hybridized carbons (Fsp3) is 0.235. The zero-order valence-corrected chi connectivity index (χ0v) is 14.4. The van der Waals surface area contributed by atoms with Crippen LogP contribution < -0.4 is 15.7 Å². The molecule has 3 rings (SSSR count). The van der Waals surface area contributed by atoms with E-state index in [0.29, 0.717) is 41.5 Å². The van der Waals surface area contributed by atoms with Crippen molar-refractivity contribution >= 4 is 23.2 Å². The van der Waals surface area contributed by atoms with Crippen LogP contribution in [0.15, 0.2) is 47.4 Å². The first kappa shape index (κ1) is 17.0. The van der Waals surface area contributed by atoms with Crippen molar-refractivity contribution in [2.24, 2.45) is 0 Å². The molecule has 7 nitrogen and oxygen atoms in total. The number of carbonyl (C=O) groups excluding carboxylic acids is 1. The van der Waals surface area contributed by atoms with Crippen molar-refractivity contribution in [3.8, 4) is 5.75 Å². The third kappa shape index (κ3) is 3.66. The first-order chi connectivity index (χ1) is 12.1. The van der Waals surface area contributed by atoms with Crippen LogP contribution in [0.4, 0.5) is 0 Å². The predicted octanol–water partition coefficient (Wildman–Crippen LogP) is 1.98. The summed E-state index contributed by atoms with van der Waals surface area (Å²) in [6.07, 6.45) is 2.25. The number of methoxy groups -OCH3 is 1. The molecule has 0 aliphatic heterocycles. The SMILES string of the molecule is COc1cc(Cl)ccc1C(=O)NCCCn1nc2ccccn2c1=O. The van der Waals surface area contributed by atoms with Gasteiger partial charge < -0.3 is 10.1 Å². The molecule has 0 aliphatic carbocycles. The number of amides is 1. The van der Waals surface area contributed by atoms with Crippen LogP contribution in [-0.2, 0) is 6.54 Å². The fourth-order valence-electron chi connectivity index (χ4n) is 2.49. The lowest BCUT2D eigenvalue weighted by Gasteiger charge is -2.09. The van der Waals surface area contributed by atoms with E-state index >= 15 is 0 Å². The average molecular weight is 361 g/mol. The summed E-state index contributed by atoms with van der Waals surface area (Å²) in [7, 11) is 1.48. The number of ether oxygens (including phenoxy) is 1. The van der Waals surface area contributed by atoms with Crippen molar-refractivity contribution in [2.45, 2.75) is 13.0 Å². The minimum Gasteiger partial charge on any atom is -0.496 e. The predicted molar refractivity (Wildman–Crippen MR) is 94.4 cm³/mol. The van der Waals surface area contributed by atoms with E-state index in [1.165, 1.54) is 16.2 Å². The van der Waals surface area contributed by atoms with Gasteiger partial charge in [0.1, 0.15) is 5.75 Å². The molecule has 0 radical (unpaired) electrons. The van der Waals surface area contributed by atoms with E-state index in [9.17, 15) is 9.59 Å². The average Bonchev–Trinajstić information content (AvgIpc) is 2.94. The van der Waals surface area contributed by atoms with Crippen LogP contribution in [0.1, 0.15) is 16.8 Å². The lowest BCUT2D eigenvalue weighted by molar-refractivity contribution is 0.0949. The minimum atomic E-state index is -0.254. The highest BCUT2D eigenvalue weighted by atomic mass is 35.5. The molecule has 0 saturated carbocycles. The third-order valence-corrected chi connectivity index (χ3v) is 3.96. The molecule has 130 valence electrons. The Balaban J connectivity index is 1.58. The Labute approximate surface area is 148 Å². The molecule has 0 bridgehead atoms. The Kier molecular flexibility index (Phi) is 5.04.